The Labute approximate surface area is 164 Å². The fourth-order valence-corrected chi connectivity index (χ4v) is 4.13. The molecule has 4 rings (SSSR count). The highest BCUT2D eigenvalue weighted by Crippen LogP contribution is 2.29. The first kappa shape index (κ1) is 18.6. The number of piperidine rings is 1. The molecule has 0 amide bonds. The molecule has 1 aliphatic rings. The number of methoxy groups -OCH3 is 1. The molecule has 0 spiro atoms. The van der Waals surface area contributed by atoms with E-state index in [4.69, 9.17) is 9.15 Å². The molecule has 5 nitrogen and oxygen atoms in total. The second-order valence-electron chi connectivity index (χ2n) is 7.57. The van der Waals surface area contributed by atoms with E-state index in [9.17, 15) is 9.90 Å². The van der Waals surface area contributed by atoms with Crippen molar-refractivity contribution in [3.63, 3.8) is 0 Å². The van der Waals surface area contributed by atoms with Gasteiger partial charge in [-0.3, -0.25) is 4.79 Å². The summed E-state index contributed by atoms with van der Waals surface area (Å²) in [5.74, 6) is 0.691. The molecular weight excluding hydrogens is 354 g/mol. The van der Waals surface area contributed by atoms with Crippen LogP contribution in [0.15, 0.2) is 45.8 Å². The summed E-state index contributed by atoms with van der Waals surface area (Å²) in [7, 11) is 1.61. The van der Waals surface area contributed by atoms with Crippen molar-refractivity contribution in [3.05, 3.63) is 57.9 Å². The van der Waals surface area contributed by atoms with Crippen molar-refractivity contribution < 1.29 is 19.2 Å². The SMILES string of the molecule is COc1ccc(-c2coc3c(C[NH+]4CCCCC4)c([O-])cc(C)c3c2=O)cc1. The van der Waals surface area contributed by atoms with E-state index in [2.05, 4.69) is 0 Å². The Bertz CT molecular complexity index is 1050. The van der Waals surface area contributed by atoms with Gasteiger partial charge in [0, 0.05) is 5.56 Å². The Hall–Kier alpha value is -2.79. The summed E-state index contributed by atoms with van der Waals surface area (Å²) in [6.45, 7) is 4.53. The van der Waals surface area contributed by atoms with Crippen molar-refractivity contribution >= 4 is 11.0 Å². The predicted octanol–water partition coefficient (Wildman–Crippen LogP) is 2.42. The van der Waals surface area contributed by atoms with Gasteiger partial charge in [0.15, 0.2) is 0 Å². The van der Waals surface area contributed by atoms with E-state index in [1.807, 2.05) is 24.3 Å². The van der Waals surface area contributed by atoms with Crippen molar-refractivity contribution in [2.75, 3.05) is 20.2 Å². The molecule has 0 atom stereocenters. The first-order chi connectivity index (χ1) is 13.6. The average Bonchev–Trinajstić information content (AvgIpc) is 2.72. The van der Waals surface area contributed by atoms with Crippen LogP contribution in [0.3, 0.4) is 0 Å². The first-order valence-corrected chi connectivity index (χ1v) is 9.81. The van der Waals surface area contributed by atoms with E-state index in [0.29, 0.717) is 34.2 Å². The smallest absolute Gasteiger partial charge is 0.200 e. The van der Waals surface area contributed by atoms with E-state index in [-0.39, 0.29) is 11.2 Å². The van der Waals surface area contributed by atoms with E-state index in [1.54, 1.807) is 20.1 Å². The lowest BCUT2D eigenvalue weighted by molar-refractivity contribution is -0.918. The minimum atomic E-state index is -0.0983. The highest BCUT2D eigenvalue weighted by atomic mass is 16.5. The largest absolute Gasteiger partial charge is 0.872 e. The third-order valence-corrected chi connectivity index (χ3v) is 5.70. The molecule has 1 aromatic heterocycles. The molecule has 2 heterocycles. The van der Waals surface area contributed by atoms with Crippen LogP contribution in [-0.2, 0) is 6.54 Å². The molecule has 0 bridgehead atoms. The molecule has 3 aromatic rings. The number of rotatable bonds is 4. The van der Waals surface area contributed by atoms with Gasteiger partial charge in [0.1, 0.15) is 24.1 Å². The number of fused-ring (bicyclic) bond motifs is 1. The topological polar surface area (TPSA) is 66.9 Å². The number of ether oxygens (including phenoxy) is 1. The molecule has 5 heteroatoms. The molecule has 1 fully saturated rings. The number of benzene rings is 2. The Morgan fingerprint density at radius 1 is 1.14 bits per heavy atom. The molecular formula is C23H25NO4. The Morgan fingerprint density at radius 3 is 2.54 bits per heavy atom. The van der Waals surface area contributed by atoms with Gasteiger partial charge in [-0.2, -0.15) is 0 Å². The molecule has 0 radical (unpaired) electrons. The number of nitrogens with one attached hydrogen (secondary N) is 1. The van der Waals surface area contributed by atoms with Crippen LogP contribution < -0.4 is 20.2 Å². The number of hydrogen-bond acceptors (Lipinski definition) is 4. The number of likely N-dealkylation sites (tertiary alicyclic amines) is 1. The van der Waals surface area contributed by atoms with Gasteiger partial charge < -0.3 is 19.2 Å². The third kappa shape index (κ3) is 3.38. The van der Waals surface area contributed by atoms with Crippen LogP contribution in [0.5, 0.6) is 11.5 Å². The highest BCUT2D eigenvalue weighted by Gasteiger charge is 2.20. The standard InChI is InChI=1S/C23H25NO4/c1-15-12-20(25)18(13-24-10-4-3-5-11-24)23-21(15)22(26)19(14-28-23)16-6-8-17(27-2)9-7-16/h6-9,12,14,25H,3-5,10-11,13H2,1-2H3. The first-order valence-electron chi connectivity index (χ1n) is 9.81. The van der Waals surface area contributed by atoms with Gasteiger partial charge in [-0.25, -0.2) is 0 Å². The lowest BCUT2D eigenvalue weighted by atomic mass is 9.99. The van der Waals surface area contributed by atoms with Crippen molar-refractivity contribution in [1.29, 1.82) is 0 Å². The van der Waals surface area contributed by atoms with Gasteiger partial charge in [0.2, 0.25) is 5.43 Å². The van der Waals surface area contributed by atoms with Gasteiger partial charge in [-0.15, -0.1) is 0 Å². The maximum absolute atomic E-state index is 13.3. The number of quaternary nitrogens is 1. The monoisotopic (exact) mass is 379 g/mol. The number of aryl methyl sites for hydroxylation is 1. The van der Waals surface area contributed by atoms with Crippen LogP contribution in [-0.4, -0.2) is 20.2 Å². The molecule has 0 saturated carbocycles. The van der Waals surface area contributed by atoms with Crippen molar-refractivity contribution in [2.24, 2.45) is 0 Å². The van der Waals surface area contributed by atoms with E-state index < -0.39 is 0 Å². The second kappa shape index (κ2) is 7.68. The zero-order valence-electron chi connectivity index (χ0n) is 16.3. The van der Waals surface area contributed by atoms with Crippen LogP contribution in [0, 0.1) is 6.92 Å². The van der Waals surface area contributed by atoms with Crippen molar-refractivity contribution in [1.82, 2.24) is 0 Å². The maximum Gasteiger partial charge on any atom is 0.200 e. The second-order valence-corrected chi connectivity index (χ2v) is 7.57. The lowest BCUT2D eigenvalue weighted by Crippen LogP contribution is -3.11. The molecule has 1 N–H and O–H groups in total. The fourth-order valence-electron chi connectivity index (χ4n) is 4.13. The molecule has 28 heavy (non-hydrogen) atoms. The van der Waals surface area contributed by atoms with Gasteiger partial charge in [0.05, 0.1) is 31.1 Å². The Kier molecular flexibility index (Phi) is 5.09. The van der Waals surface area contributed by atoms with Crippen molar-refractivity contribution in [3.8, 4) is 22.6 Å². The predicted molar refractivity (Wildman–Crippen MR) is 107 cm³/mol. The quantitative estimate of drug-likeness (QED) is 0.756. The Balaban J connectivity index is 1.82. The minimum Gasteiger partial charge on any atom is -0.872 e. The summed E-state index contributed by atoms with van der Waals surface area (Å²) < 4.78 is 11.1. The molecule has 1 saturated heterocycles. The Morgan fingerprint density at radius 2 is 1.86 bits per heavy atom. The minimum absolute atomic E-state index is 0.0385. The van der Waals surface area contributed by atoms with Crippen LogP contribution in [0.25, 0.3) is 22.1 Å². The molecule has 146 valence electrons. The molecule has 0 unspecified atom stereocenters. The van der Waals surface area contributed by atoms with Crippen LogP contribution in [0.1, 0.15) is 30.4 Å². The summed E-state index contributed by atoms with van der Waals surface area (Å²) in [6.07, 6.45) is 5.10. The van der Waals surface area contributed by atoms with E-state index in [0.717, 1.165) is 24.4 Å². The van der Waals surface area contributed by atoms with Gasteiger partial charge in [0.25, 0.3) is 0 Å². The summed E-state index contributed by atoms with van der Waals surface area (Å²) in [5, 5.41) is 13.2. The zero-order chi connectivity index (χ0) is 19.7. The van der Waals surface area contributed by atoms with Crippen LogP contribution in [0.4, 0.5) is 0 Å². The van der Waals surface area contributed by atoms with Gasteiger partial charge >= 0.3 is 0 Å². The summed E-state index contributed by atoms with van der Waals surface area (Å²) in [4.78, 5) is 14.6. The molecule has 0 aliphatic carbocycles. The summed E-state index contributed by atoms with van der Waals surface area (Å²) >= 11 is 0. The van der Waals surface area contributed by atoms with Crippen LogP contribution in [0.2, 0.25) is 0 Å². The molecule has 2 aromatic carbocycles. The summed E-state index contributed by atoms with van der Waals surface area (Å²) in [5.41, 5.74) is 2.90. The van der Waals surface area contributed by atoms with Gasteiger partial charge in [-0.05, 0) is 49.4 Å². The van der Waals surface area contributed by atoms with E-state index in [1.165, 1.54) is 30.4 Å². The fraction of sp³-hybridized carbons (Fsp3) is 0.348. The molecule has 1 aliphatic heterocycles. The van der Waals surface area contributed by atoms with Crippen molar-refractivity contribution in [2.45, 2.75) is 32.7 Å². The van der Waals surface area contributed by atoms with Gasteiger partial charge in [-0.1, -0.05) is 23.9 Å². The van der Waals surface area contributed by atoms with E-state index >= 15 is 0 Å². The third-order valence-electron chi connectivity index (χ3n) is 5.70. The van der Waals surface area contributed by atoms with Crippen LogP contribution >= 0.6 is 0 Å². The average molecular weight is 379 g/mol. The lowest BCUT2D eigenvalue weighted by Gasteiger charge is -2.26. The highest BCUT2D eigenvalue weighted by molar-refractivity contribution is 5.88. The maximum atomic E-state index is 13.3. The zero-order valence-corrected chi connectivity index (χ0v) is 16.3. The normalized spacial score (nSPS) is 15.1. The number of hydrogen-bond donors (Lipinski definition) is 1. The summed E-state index contributed by atoms with van der Waals surface area (Å²) in [6, 6.07) is 8.89.